The van der Waals surface area contributed by atoms with Gasteiger partial charge >= 0.3 is 5.97 Å². The minimum absolute atomic E-state index is 0.0417. The highest BCUT2D eigenvalue weighted by molar-refractivity contribution is 5.70. The van der Waals surface area contributed by atoms with Crippen LogP contribution >= 0.6 is 0 Å². The van der Waals surface area contributed by atoms with Gasteiger partial charge < -0.3 is 9.84 Å². The lowest BCUT2D eigenvalue weighted by Crippen LogP contribution is -2.45. The van der Waals surface area contributed by atoms with Gasteiger partial charge in [-0.1, -0.05) is 36.8 Å². The highest BCUT2D eigenvalue weighted by atomic mass is 16.5. The number of fused-ring (bicyclic) bond motifs is 5. The molecule has 36 heavy (non-hydrogen) atoms. The predicted octanol–water partition coefficient (Wildman–Crippen LogP) is 6.61. The summed E-state index contributed by atoms with van der Waals surface area (Å²) in [6.07, 6.45) is 6.41. The molecule has 1 aromatic heterocycles. The molecule has 3 aliphatic rings. The summed E-state index contributed by atoms with van der Waals surface area (Å²) >= 11 is 0. The van der Waals surface area contributed by atoms with E-state index in [0.717, 1.165) is 55.3 Å². The van der Waals surface area contributed by atoms with Crippen molar-refractivity contribution in [1.82, 2.24) is 10.2 Å². The monoisotopic (exact) mass is 482 g/mol. The summed E-state index contributed by atoms with van der Waals surface area (Å²) in [6.45, 7) is 5.95. The second-order valence-corrected chi connectivity index (χ2v) is 11.4. The van der Waals surface area contributed by atoms with Crippen molar-refractivity contribution in [3.05, 3.63) is 65.2 Å². The van der Waals surface area contributed by atoms with Crippen LogP contribution in [0.1, 0.15) is 68.6 Å². The summed E-state index contributed by atoms with van der Waals surface area (Å²) < 4.78 is 5.79. The molecule has 2 saturated carbocycles. The number of ether oxygens (including phenoxy) is 1. The molecule has 1 N–H and O–H groups in total. The van der Waals surface area contributed by atoms with E-state index in [1.807, 2.05) is 18.2 Å². The number of carbonyl (C=O) groups is 1. The summed E-state index contributed by atoms with van der Waals surface area (Å²) in [7, 11) is 0. The lowest BCUT2D eigenvalue weighted by molar-refractivity contribution is -0.154. The molecule has 0 radical (unpaired) electrons. The lowest BCUT2D eigenvalue weighted by Gasteiger charge is -2.50. The second kappa shape index (κ2) is 8.72. The Morgan fingerprint density at radius 2 is 1.75 bits per heavy atom. The standard InChI is InChI=1S/C31H34N2O3/c1-18-4-6-20(7-5-18)27-11-12-28(33-32-27)25-17-24-21(16-29(25)35)8-9-23-22(24)14-15-31(3)26(23)10-13-30(31)36-19(2)34/h4-7,11-12,16-17,22-23,26,30,35H,8-10,13-15H2,1-3H3/t22-,23+,26-,30-,31-/m0/s1. The van der Waals surface area contributed by atoms with E-state index in [4.69, 9.17) is 4.74 Å². The molecule has 5 atom stereocenters. The quantitative estimate of drug-likeness (QED) is 0.425. The number of carbonyl (C=O) groups excluding carboxylic acids is 1. The smallest absolute Gasteiger partial charge is 0.302 e. The van der Waals surface area contributed by atoms with E-state index in [1.165, 1.54) is 23.6 Å². The van der Waals surface area contributed by atoms with Gasteiger partial charge in [0.1, 0.15) is 11.9 Å². The largest absolute Gasteiger partial charge is 0.507 e. The van der Waals surface area contributed by atoms with Gasteiger partial charge in [-0.05, 0) is 98.6 Å². The lowest BCUT2D eigenvalue weighted by atomic mass is 9.55. The van der Waals surface area contributed by atoms with E-state index in [1.54, 1.807) is 0 Å². The van der Waals surface area contributed by atoms with Crippen LogP contribution in [0.25, 0.3) is 22.5 Å². The minimum atomic E-state index is -0.160. The number of aromatic nitrogens is 2. The van der Waals surface area contributed by atoms with E-state index in [0.29, 0.717) is 23.4 Å². The zero-order valence-corrected chi connectivity index (χ0v) is 21.3. The van der Waals surface area contributed by atoms with Crippen LogP contribution < -0.4 is 0 Å². The number of phenolic OH excluding ortho intramolecular Hbond substituents is 1. The molecule has 0 unspecified atom stereocenters. The Morgan fingerprint density at radius 3 is 2.47 bits per heavy atom. The number of hydrogen-bond acceptors (Lipinski definition) is 5. The van der Waals surface area contributed by atoms with Crippen LogP contribution in [0.4, 0.5) is 0 Å². The van der Waals surface area contributed by atoms with Crippen molar-refractivity contribution in [1.29, 1.82) is 0 Å². The van der Waals surface area contributed by atoms with E-state index in [-0.39, 0.29) is 23.2 Å². The first kappa shape index (κ1) is 23.2. The van der Waals surface area contributed by atoms with Crippen LogP contribution in [0.15, 0.2) is 48.5 Å². The van der Waals surface area contributed by atoms with E-state index in [2.05, 4.69) is 54.4 Å². The fraction of sp³-hybridized carbons (Fsp3) is 0.452. The SMILES string of the molecule is CC(=O)O[C@H]1CC[C@H]2[C@@H]3CCc4cc(O)c(-c5ccc(-c6ccc(C)cc6)nn5)cc4[C@H]3CC[C@]12C. The number of aromatic hydroxyl groups is 1. The van der Waals surface area contributed by atoms with Crippen LogP contribution in [0, 0.1) is 24.2 Å². The van der Waals surface area contributed by atoms with Crippen LogP contribution in [-0.4, -0.2) is 27.4 Å². The molecule has 2 fully saturated rings. The van der Waals surface area contributed by atoms with Gasteiger partial charge in [0.25, 0.3) is 0 Å². The van der Waals surface area contributed by atoms with Crippen LogP contribution in [0.2, 0.25) is 0 Å². The Hall–Kier alpha value is -3.21. The molecule has 3 aromatic rings. The van der Waals surface area contributed by atoms with Gasteiger partial charge in [-0.25, -0.2) is 0 Å². The van der Waals surface area contributed by atoms with Crippen molar-refractivity contribution in [3.8, 4) is 28.3 Å². The van der Waals surface area contributed by atoms with E-state index < -0.39 is 0 Å². The fourth-order valence-electron chi connectivity index (χ4n) is 7.51. The normalized spacial score (nSPS) is 28.6. The summed E-state index contributed by atoms with van der Waals surface area (Å²) in [4.78, 5) is 11.7. The van der Waals surface area contributed by atoms with Gasteiger partial charge in [0.05, 0.1) is 11.4 Å². The van der Waals surface area contributed by atoms with Crippen molar-refractivity contribution < 1.29 is 14.6 Å². The van der Waals surface area contributed by atoms with Crippen molar-refractivity contribution in [2.45, 2.75) is 71.3 Å². The van der Waals surface area contributed by atoms with Gasteiger partial charge in [0, 0.05) is 23.5 Å². The van der Waals surface area contributed by atoms with Crippen molar-refractivity contribution >= 4 is 5.97 Å². The highest BCUT2D eigenvalue weighted by Crippen LogP contribution is 2.62. The first-order valence-electron chi connectivity index (χ1n) is 13.3. The highest BCUT2D eigenvalue weighted by Gasteiger charge is 2.56. The molecule has 2 aromatic carbocycles. The molecule has 6 rings (SSSR count). The van der Waals surface area contributed by atoms with Gasteiger partial charge in [-0.3, -0.25) is 4.79 Å². The number of rotatable bonds is 3. The predicted molar refractivity (Wildman–Crippen MR) is 139 cm³/mol. The average molecular weight is 483 g/mol. The van der Waals surface area contributed by atoms with Gasteiger partial charge in [-0.15, -0.1) is 10.2 Å². The number of nitrogens with zero attached hydrogens (tertiary/aromatic N) is 2. The number of hydrogen-bond donors (Lipinski definition) is 1. The Bertz CT molecular complexity index is 1300. The van der Waals surface area contributed by atoms with Gasteiger partial charge in [0.2, 0.25) is 0 Å². The van der Waals surface area contributed by atoms with Crippen LogP contribution in [-0.2, 0) is 16.0 Å². The van der Waals surface area contributed by atoms with Crippen molar-refractivity contribution in [3.63, 3.8) is 0 Å². The number of phenols is 1. The van der Waals surface area contributed by atoms with Crippen molar-refractivity contribution in [2.75, 3.05) is 0 Å². The molecule has 186 valence electrons. The van der Waals surface area contributed by atoms with Crippen LogP contribution in [0.3, 0.4) is 0 Å². The second-order valence-electron chi connectivity index (χ2n) is 11.4. The third-order valence-electron chi connectivity index (χ3n) is 9.35. The maximum atomic E-state index is 11.7. The molecule has 0 bridgehead atoms. The number of esters is 1. The summed E-state index contributed by atoms with van der Waals surface area (Å²) in [5.74, 6) is 1.75. The number of aryl methyl sites for hydroxylation is 2. The molecular weight excluding hydrogens is 448 g/mol. The zero-order chi connectivity index (χ0) is 25.0. The summed E-state index contributed by atoms with van der Waals surface area (Å²) in [6, 6.07) is 16.3. The molecule has 3 aliphatic carbocycles. The Labute approximate surface area is 212 Å². The molecular formula is C31H34N2O3. The minimum Gasteiger partial charge on any atom is -0.507 e. The van der Waals surface area contributed by atoms with Crippen LogP contribution in [0.5, 0.6) is 5.75 Å². The third kappa shape index (κ3) is 3.80. The summed E-state index contributed by atoms with van der Waals surface area (Å²) in [5, 5.41) is 19.9. The fourth-order valence-corrected chi connectivity index (χ4v) is 7.51. The maximum absolute atomic E-state index is 11.7. The van der Waals surface area contributed by atoms with Gasteiger partial charge in [-0.2, -0.15) is 0 Å². The zero-order valence-electron chi connectivity index (χ0n) is 21.3. The first-order valence-corrected chi connectivity index (χ1v) is 13.3. The molecule has 0 aliphatic heterocycles. The molecule has 0 amide bonds. The molecule has 0 spiro atoms. The topological polar surface area (TPSA) is 72.3 Å². The molecule has 5 nitrogen and oxygen atoms in total. The van der Waals surface area contributed by atoms with E-state index >= 15 is 0 Å². The van der Waals surface area contributed by atoms with E-state index in [9.17, 15) is 9.90 Å². The van der Waals surface area contributed by atoms with Crippen molar-refractivity contribution in [2.24, 2.45) is 17.3 Å². The van der Waals surface area contributed by atoms with Gasteiger partial charge in [0.15, 0.2) is 0 Å². The first-order chi connectivity index (χ1) is 17.3. The molecule has 1 heterocycles. The third-order valence-corrected chi connectivity index (χ3v) is 9.35. The number of benzene rings is 2. The Kier molecular flexibility index (Phi) is 5.62. The maximum Gasteiger partial charge on any atom is 0.302 e. The molecule has 5 heteroatoms. The Morgan fingerprint density at radius 1 is 1.00 bits per heavy atom. The average Bonchev–Trinajstić information content (AvgIpc) is 3.19. The molecule has 0 saturated heterocycles. The summed E-state index contributed by atoms with van der Waals surface area (Å²) in [5.41, 5.74) is 7.22. The Balaban J connectivity index is 1.30.